The first-order chi connectivity index (χ1) is 13.9. The number of anilines is 2. The summed E-state index contributed by atoms with van der Waals surface area (Å²) in [4.78, 5) is 26.1. The fraction of sp³-hybridized carbons (Fsp3) is 0.429. The van der Waals surface area contributed by atoms with Crippen molar-refractivity contribution < 1.29 is 23.8 Å². The Labute approximate surface area is 174 Å². The second kappa shape index (κ2) is 9.28. The van der Waals surface area contributed by atoms with E-state index in [1.807, 2.05) is 0 Å². The number of esters is 1. The van der Waals surface area contributed by atoms with Gasteiger partial charge in [-0.05, 0) is 42.7 Å². The molecule has 0 bridgehead atoms. The van der Waals surface area contributed by atoms with Gasteiger partial charge in [0.05, 0.1) is 32.0 Å². The van der Waals surface area contributed by atoms with Crippen molar-refractivity contribution in [2.75, 3.05) is 24.4 Å². The number of methoxy groups -OCH3 is 1. The van der Waals surface area contributed by atoms with Crippen LogP contribution in [0.4, 0.5) is 15.5 Å². The third kappa shape index (κ3) is 4.89. The van der Waals surface area contributed by atoms with Gasteiger partial charge in [-0.15, -0.1) is 11.3 Å². The van der Waals surface area contributed by atoms with Crippen molar-refractivity contribution >= 4 is 34.0 Å². The number of rotatable bonds is 6. The van der Waals surface area contributed by atoms with Crippen LogP contribution in [0.5, 0.6) is 5.75 Å². The molecule has 156 valence electrons. The zero-order valence-electron chi connectivity index (χ0n) is 17.0. The van der Waals surface area contributed by atoms with Gasteiger partial charge in [-0.25, -0.2) is 9.59 Å². The van der Waals surface area contributed by atoms with Crippen LogP contribution >= 0.6 is 11.3 Å². The van der Waals surface area contributed by atoms with Gasteiger partial charge < -0.3 is 19.5 Å². The van der Waals surface area contributed by atoms with E-state index in [0.717, 1.165) is 10.4 Å². The van der Waals surface area contributed by atoms with Crippen molar-refractivity contribution in [3.63, 3.8) is 0 Å². The van der Waals surface area contributed by atoms with Crippen LogP contribution in [0, 0.1) is 5.92 Å². The van der Waals surface area contributed by atoms with Gasteiger partial charge in [0.25, 0.3) is 0 Å². The monoisotopic (exact) mass is 418 g/mol. The number of ether oxygens (including phenoxy) is 3. The van der Waals surface area contributed by atoms with Gasteiger partial charge in [0.15, 0.2) is 0 Å². The summed E-state index contributed by atoms with van der Waals surface area (Å²) in [5, 5.41) is 6.05. The number of urea groups is 1. The lowest BCUT2D eigenvalue weighted by atomic mass is 9.94. The molecule has 1 atom stereocenters. The molecule has 1 aliphatic heterocycles. The van der Waals surface area contributed by atoms with Gasteiger partial charge >= 0.3 is 12.0 Å². The van der Waals surface area contributed by atoms with Gasteiger partial charge in [-0.3, -0.25) is 5.32 Å². The van der Waals surface area contributed by atoms with Crippen molar-refractivity contribution in [2.45, 2.75) is 39.9 Å². The lowest BCUT2D eigenvalue weighted by Crippen LogP contribution is -2.27. The van der Waals surface area contributed by atoms with E-state index in [1.165, 1.54) is 11.3 Å². The molecule has 29 heavy (non-hydrogen) atoms. The first-order valence-corrected chi connectivity index (χ1v) is 10.4. The Morgan fingerprint density at radius 3 is 2.59 bits per heavy atom. The Kier molecular flexibility index (Phi) is 6.76. The molecule has 0 unspecified atom stereocenters. The number of amides is 2. The predicted molar refractivity (Wildman–Crippen MR) is 113 cm³/mol. The van der Waals surface area contributed by atoms with Gasteiger partial charge in [0.1, 0.15) is 10.8 Å². The second-order valence-corrected chi connectivity index (χ2v) is 8.14. The van der Waals surface area contributed by atoms with Crippen LogP contribution in [0.3, 0.4) is 0 Å². The van der Waals surface area contributed by atoms with Crippen molar-refractivity contribution in [1.29, 1.82) is 0 Å². The molecule has 0 saturated carbocycles. The molecule has 0 radical (unpaired) electrons. The summed E-state index contributed by atoms with van der Waals surface area (Å²) in [6.45, 7) is 6.64. The predicted octanol–water partition coefficient (Wildman–Crippen LogP) is 4.67. The second-order valence-electron chi connectivity index (χ2n) is 7.03. The molecule has 0 aliphatic carbocycles. The van der Waals surface area contributed by atoms with Crippen molar-refractivity contribution in [3.05, 3.63) is 40.3 Å². The van der Waals surface area contributed by atoms with E-state index in [0.29, 0.717) is 40.9 Å². The summed E-state index contributed by atoms with van der Waals surface area (Å²) in [5.41, 5.74) is 1.97. The Morgan fingerprint density at radius 1 is 1.24 bits per heavy atom. The summed E-state index contributed by atoms with van der Waals surface area (Å²) in [5.74, 6) is 0.605. The van der Waals surface area contributed by atoms with E-state index >= 15 is 0 Å². The smallest absolute Gasteiger partial charge is 0.341 e. The molecule has 2 amide bonds. The van der Waals surface area contributed by atoms with E-state index in [4.69, 9.17) is 14.2 Å². The average Bonchev–Trinajstić information content (AvgIpc) is 3.05. The molecule has 1 aromatic heterocycles. The summed E-state index contributed by atoms with van der Waals surface area (Å²) in [6, 6.07) is 6.57. The number of carbonyl (C=O) groups is 2. The fourth-order valence-electron chi connectivity index (χ4n) is 3.16. The highest BCUT2D eigenvalue weighted by Crippen LogP contribution is 2.39. The van der Waals surface area contributed by atoms with Crippen molar-refractivity contribution in [3.8, 4) is 5.75 Å². The van der Waals surface area contributed by atoms with Crippen LogP contribution in [-0.4, -0.2) is 31.8 Å². The van der Waals surface area contributed by atoms with Crippen LogP contribution in [0.15, 0.2) is 24.3 Å². The highest BCUT2D eigenvalue weighted by Gasteiger charge is 2.32. The van der Waals surface area contributed by atoms with Crippen LogP contribution in [-0.2, 0) is 22.5 Å². The Balaban J connectivity index is 1.82. The lowest BCUT2D eigenvalue weighted by molar-refractivity contribution is 0.00124. The molecule has 1 aliphatic rings. The number of hydrogen-bond donors (Lipinski definition) is 2. The van der Waals surface area contributed by atoms with Gasteiger partial charge in [-0.1, -0.05) is 13.8 Å². The lowest BCUT2D eigenvalue weighted by Gasteiger charge is -2.26. The Hall–Kier alpha value is -2.58. The van der Waals surface area contributed by atoms with Gasteiger partial charge in [0, 0.05) is 17.0 Å². The minimum atomic E-state index is -0.430. The minimum Gasteiger partial charge on any atom is -0.497 e. The Morgan fingerprint density at radius 2 is 1.97 bits per heavy atom. The molecule has 0 spiro atoms. The normalized spacial score (nSPS) is 15.6. The number of fused-ring (bicyclic) bond motifs is 1. The van der Waals surface area contributed by atoms with Crippen LogP contribution in [0.2, 0.25) is 0 Å². The summed E-state index contributed by atoms with van der Waals surface area (Å²) >= 11 is 1.36. The maximum absolute atomic E-state index is 12.6. The number of carbonyl (C=O) groups excluding carboxylic acids is 2. The summed E-state index contributed by atoms with van der Waals surface area (Å²) in [6.07, 6.45) is 0.658. The van der Waals surface area contributed by atoms with E-state index in [9.17, 15) is 9.59 Å². The molecule has 0 fully saturated rings. The number of benzene rings is 1. The molecule has 8 heteroatoms. The number of hydrogen-bond acceptors (Lipinski definition) is 6. The van der Waals surface area contributed by atoms with Gasteiger partial charge in [0.2, 0.25) is 0 Å². The van der Waals surface area contributed by atoms with E-state index in [1.54, 1.807) is 38.3 Å². The van der Waals surface area contributed by atoms with E-state index in [2.05, 4.69) is 24.5 Å². The quantitative estimate of drug-likeness (QED) is 0.666. The zero-order valence-corrected chi connectivity index (χ0v) is 17.9. The molecular formula is C21H26N2O5S. The fourth-order valence-corrected chi connectivity index (χ4v) is 4.30. The zero-order chi connectivity index (χ0) is 21.0. The van der Waals surface area contributed by atoms with Crippen molar-refractivity contribution in [1.82, 2.24) is 0 Å². The summed E-state index contributed by atoms with van der Waals surface area (Å²) in [7, 11) is 1.58. The Bertz CT molecular complexity index is 876. The average molecular weight is 419 g/mol. The molecule has 2 aromatic rings. The van der Waals surface area contributed by atoms with Gasteiger partial charge in [-0.2, -0.15) is 0 Å². The number of thiophene rings is 1. The largest absolute Gasteiger partial charge is 0.497 e. The maximum atomic E-state index is 12.6. The topological polar surface area (TPSA) is 85.9 Å². The summed E-state index contributed by atoms with van der Waals surface area (Å²) < 4.78 is 16.3. The van der Waals surface area contributed by atoms with E-state index in [-0.39, 0.29) is 12.7 Å². The molecule has 2 N–H and O–H groups in total. The third-order valence-corrected chi connectivity index (χ3v) is 5.84. The van der Waals surface area contributed by atoms with E-state index < -0.39 is 12.0 Å². The molecule has 3 rings (SSSR count). The van der Waals surface area contributed by atoms with Crippen LogP contribution in [0.25, 0.3) is 0 Å². The highest BCUT2D eigenvalue weighted by atomic mass is 32.1. The third-order valence-electron chi connectivity index (χ3n) is 4.72. The minimum absolute atomic E-state index is 0.0336. The standard InChI is InChI=1S/C21H26N2O5S/c1-5-27-20(24)18-15-10-16(12(2)3)28-11-17(15)29-19(18)23-21(25)22-13-6-8-14(26-4)9-7-13/h6-9,12,16H,5,10-11H2,1-4H3,(H2,22,23,25)/t16-/m0/s1. The first kappa shape index (κ1) is 21.1. The van der Waals surface area contributed by atoms with Crippen LogP contribution < -0.4 is 15.4 Å². The first-order valence-electron chi connectivity index (χ1n) is 9.58. The highest BCUT2D eigenvalue weighted by molar-refractivity contribution is 7.17. The molecular weight excluding hydrogens is 392 g/mol. The molecule has 1 aromatic carbocycles. The SMILES string of the molecule is CCOC(=O)c1c(NC(=O)Nc2ccc(OC)cc2)sc2c1C[C@@H](C(C)C)OC2. The maximum Gasteiger partial charge on any atom is 0.341 e. The van der Waals surface area contributed by atoms with Crippen LogP contribution in [0.1, 0.15) is 41.6 Å². The molecule has 7 nitrogen and oxygen atoms in total. The molecule has 0 saturated heterocycles. The van der Waals surface area contributed by atoms with Crippen molar-refractivity contribution in [2.24, 2.45) is 5.92 Å². The molecule has 2 heterocycles. The number of nitrogens with one attached hydrogen (secondary N) is 2.